The van der Waals surface area contributed by atoms with E-state index in [1.54, 1.807) is 45.6 Å². The van der Waals surface area contributed by atoms with Gasteiger partial charge in [-0.25, -0.2) is 0 Å². The van der Waals surface area contributed by atoms with Crippen LogP contribution in [-0.2, 0) is 22.6 Å². The molecular formula is C31H36N6O6. The quantitative estimate of drug-likeness (QED) is 0.247. The molecule has 5 rings (SSSR count). The van der Waals surface area contributed by atoms with Crippen molar-refractivity contribution in [3.8, 4) is 28.6 Å². The lowest BCUT2D eigenvalue weighted by molar-refractivity contribution is -0.142. The molecule has 12 heteroatoms. The Morgan fingerprint density at radius 3 is 2.47 bits per heavy atom. The second-order valence-corrected chi connectivity index (χ2v) is 10.3. The zero-order valence-electron chi connectivity index (χ0n) is 24.6. The van der Waals surface area contributed by atoms with E-state index in [0.717, 1.165) is 36.8 Å². The lowest BCUT2D eigenvalue weighted by Gasteiger charge is -2.30. The van der Waals surface area contributed by atoms with E-state index in [-0.39, 0.29) is 30.9 Å². The van der Waals surface area contributed by atoms with E-state index in [1.807, 2.05) is 30.3 Å². The van der Waals surface area contributed by atoms with Gasteiger partial charge in [-0.3, -0.25) is 9.59 Å². The molecule has 0 radical (unpaired) electrons. The standard InChI is InChI=1S/C31H36N6O6/c1-40-24-13-11-22(12-14-24)30-33-35-37(34-30)20-28(38)36(17-16-21-10-15-25(41-2)27(19-21)42-3)29(26-9-6-18-43-26)31(39)32-23-7-4-5-8-23/h6,9-15,18-19,23,29H,4-5,7-8,16-17,20H2,1-3H3,(H,32,39). The second kappa shape index (κ2) is 13.9. The fraction of sp³-hybridized carbons (Fsp3) is 0.387. The molecule has 1 fully saturated rings. The maximum Gasteiger partial charge on any atom is 0.250 e. The van der Waals surface area contributed by atoms with Gasteiger partial charge in [0.05, 0.1) is 27.6 Å². The third-order valence-corrected chi connectivity index (χ3v) is 7.56. The smallest absolute Gasteiger partial charge is 0.250 e. The summed E-state index contributed by atoms with van der Waals surface area (Å²) in [5, 5.41) is 15.8. The van der Waals surface area contributed by atoms with Crippen LogP contribution in [0.3, 0.4) is 0 Å². The Hall–Kier alpha value is -4.87. The molecule has 2 amide bonds. The molecule has 12 nitrogen and oxygen atoms in total. The lowest BCUT2D eigenvalue weighted by Crippen LogP contribution is -2.47. The third-order valence-electron chi connectivity index (χ3n) is 7.56. The SMILES string of the molecule is COc1ccc(-c2nnn(CC(=O)N(CCc3ccc(OC)c(OC)c3)C(C(=O)NC3CCCC3)c3ccco3)n2)cc1. The van der Waals surface area contributed by atoms with Gasteiger partial charge in [-0.1, -0.05) is 18.9 Å². The zero-order chi connectivity index (χ0) is 30.2. The van der Waals surface area contributed by atoms with Crippen LogP contribution in [0, 0.1) is 0 Å². The van der Waals surface area contributed by atoms with Gasteiger partial charge in [0.1, 0.15) is 18.1 Å². The molecule has 0 saturated heterocycles. The molecule has 43 heavy (non-hydrogen) atoms. The summed E-state index contributed by atoms with van der Waals surface area (Å²) in [6.07, 6.45) is 5.89. The first-order valence-electron chi connectivity index (χ1n) is 14.3. The van der Waals surface area contributed by atoms with Crippen molar-refractivity contribution in [2.75, 3.05) is 27.9 Å². The van der Waals surface area contributed by atoms with Crippen molar-refractivity contribution in [3.05, 3.63) is 72.2 Å². The summed E-state index contributed by atoms with van der Waals surface area (Å²) in [5.74, 6) is 1.99. The largest absolute Gasteiger partial charge is 0.497 e. The molecule has 226 valence electrons. The van der Waals surface area contributed by atoms with Crippen LogP contribution in [0.1, 0.15) is 43.0 Å². The van der Waals surface area contributed by atoms with Crippen molar-refractivity contribution in [1.82, 2.24) is 30.4 Å². The lowest BCUT2D eigenvalue weighted by atomic mass is 10.1. The van der Waals surface area contributed by atoms with E-state index in [0.29, 0.717) is 35.3 Å². The van der Waals surface area contributed by atoms with Crippen molar-refractivity contribution in [3.63, 3.8) is 0 Å². The molecule has 2 aromatic heterocycles. The zero-order valence-corrected chi connectivity index (χ0v) is 24.6. The van der Waals surface area contributed by atoms with Gasteiger partial charge in [0.2, 0.25) is 11.7 Å². The number of ether oxygens (including phenoxy) is 3. The average molecular weight is 589 g/mol. The van der Waals surface area contributed by atoms with E-state index in [1.165, 1.54) is 16.0 Å². The summed E-state index contributed by atoms with van der Waals surface area (Å²) in [7, 11) is 4.74. The summed E-state index contributed by atoms with van der Waals surface area (Å²) in [6, 6.07) is 15.3. The molecule has 1 aliphatic rings. The Morgan fingerprint density at radius 2 is 1.79 bits per heavy atom. The van der Waals surface area contributed by atoms with Gasteiger partial charge >= 0.3 is 0 Å². The van der Waals surface area contributed by atoms with Crippen LogP contribution < -0.4 is 19.5 Å². The highest BCUT2D eigenvalue weighted by molar-refractivity contribution is 5.88. The van der Waals surface area contributed by atoms with Gasteiger partial charge in [-0.15, -0.1) is 10.2 Å². The van der Waals surface area contributed by atoms with Crippen molar-refractivity contribution in [2.24, 2.45) is 0 Å². The van der Waals surface area contributed by atoms with Gasteiger partial charge in [0.15, 0.2) is 17.5 Å². The number of furan rings is 1. The number of nitrogens with zero attached hydrogens (tertiary/aromatic N) is 5. The summed E-state index contributed by atoms with van der Waals surface area (Å²) >= 11 is 0. The van der Waals surface area contributed by atoms with Crippen molar-refractivity contribution in [1.29, 1.82) is 0 Å². The number of aromatic nitrogens is 4. The number of methoxy groups -OCH3 is 3. The van der Waals surface area contributed by atoms with Crippen molar-refractivity contribution >= 4 is 11.8 Å². The molecule has 1 atom stereocenters. The molecule has 0 bridgehead atoms. The molecule has 1 aliphatic carbocycles. The van der Waals surface area contributed by atoms with Gasteiger partial charge in [-0.2, -0.15) is 4.80 Å². The van der Waals surface area contributed by atoms with Crippen LogP contribution in [0.2, 0.25) is 0 Å². The van der Waals surface area contributed by atoms with Crippen LogP contribution in [-0.4, -0.2) is 70.8 Å². The molecule has 0 spiro atoms. The molecular weight excluding hydrogens is 552 g/mol. The fourth-order valence-electron chi connectivity index (χ4n) is 5.28. The maximum atomic E-state index is 14.0. The Kier molecular flexibility index (Phi) is 9.55. The van der Waals surface area contributed by atoms with Gasteiger partial charge in [-0.05, 0) is 78.6 Å². The number of carbonyl (C=O) groups excluding carboxylic acids is 2. The number of amides is 2. The molecule has 0 aliphatic heterocycles. The van der Waals surface area contributed by atoms with E-state index >= 15 is 0 Å². The van der Waals surface area contributed by atoms with Gasteiger partial charge in [0.25, 0.3) is 5.91 Å². The van der Waals surface area contributed by atoms with E-state index in [4.69, 9.17) is 18.6 Å². The third kappa shape index (κ3) is 7.14. The summed E-state index contributed by atoms with van der Waals surface area (Å²) < 4.78 is 21.8. The first-order chi connectivity index (χ1) is 21.0. The monoisotopic (exact) mass is 588 g/mol. The Morgan fingerprint density at radius 1 is 1.02 bits per heavy atom. The number of nitrogens with one attached hydrogen (secondary N) is 1. The average Bonchev–Trinajstić information content (AvgIpc) is 3.83. The second-order valence-electron chi connectivity index (χ2n) is 10.3. The molecule has 1 N–H and O–H groups in total. The fourth-order valence-corrected chi connectivity index (χ4v) is 5.28. The van der Waals surface area contributed by atoms with E-state index in [9.17, 15) is 9.59 Å². The molecule has 4 aromatic rings. The number of carbonyl (C=O) groups is 2. The Balaban J connectivity index is 1.41. The van der Waals surface area contributed by atoms with Crippen LogP contribution in [0.15, 0.2) is 65.3 Å². The highest BCUT2D eigenvalue weighted by Crippen LogP contribution is 2.29. The molecule has 1 unspecified atom stereocenters. The van der Waals surface area contributed by atoms with Crippen LogP contribution in [0.25, 0.3) is 11.4 Å². The van der Waals surface area contributed by atoms with Gasteiger partial charge in [0, 0.05) is 18.2 Å². The van der Waals surface area contributed by atoms with E-state index in [2.05, 4.69) is 20.7 Å². The minimum atomic E-state index is -0.979. The Bertz CT molecular complexity index is 1500. The molecule has 1 saturated carbocycles. The first kappa shape index (κ1) is 29.6. The van der Waals surface area contributed by atoms with Crippen molar-refractivity contribution < 1.29 is 28.2 Å². The number of hydrogen-bond acceptors (Lipinski definition) is 9. The predicted molar refractivity (Wildman–Crippen MR) is 157 cm³/mol. The number of tetrazole rings is 1. The maximum absolute atomic E-state index is 14.0. The summed E-state index contributed by atoms with van der Waals surface area (Å²) in [5.41, 5.74) is 1.64. The topological polar surface area (TPSA) is 134 Å². The number of rotatable bonds is 13. The minimum absolute atomic E-state index is 0.0665. The predicted octanol–water partition coefficient (Wildman–Crippen LogP) is 3.83. The van der Waals surface area contributed by atoms with Crippen molar-refractivity contribution in [2.45, 2.75) is 50.7 Å². The highest BCUT2D eigenvalue weighted by Gasteiger charge is 2.35. The number of hydrogen-bond donors (Lipinski definition) is 1. The Labute approximate surface area is 249 Å². The van der Waals surface area contributed by atoms with Crippen LogP contribution in [0.5, 0.6) is 17.2 Å². The minimum Gasteiger partial charge on any atom is -0.497 e. The number of benzene rings is 2. The molecule has 2 heterocycles. The van der Waals surface area contributed by atoms with Gasteiger partial charge < -0.3 is 28.8 Å². The van der Waals surface area contributed by atoms with Crippen LogP contribution in [0.4, 0.5) is 0 Å². The normalized spacial score (nSPS) is 13.8. The summed E-state index contributed by atoms with van der Waals surface area (Å²) in [4.78, 5) is 30.5. The highest BCUT2D eigenvalue weighted by atomic mass is 16.5. The molecule has 2 aromatic carbocycles. The van der Waals surface area contributed by atoms with Crippen LogP contribution >= 0.6 is 0 Å². The first-order valence-corrected chi connectivity index (χ1v) is 14.3. The van der Waals surface area contributed by atoms with E-state index < -0.39 is 6.04 Å². The summed E-state index contributed by atoms with van der Waals surface area (Å²) in [6.45, 7) is 0.000803.